The summed E-state index contributed by atoms with van der Waals surface area (Å²) < 4.78 is 5.28. The van der Waals surface area contributed by atoms with E-state index in [1.165, 1.54) is 39.0 Å². The van der Waals surface area contributed by atoms with Crippen molar-refractivity contribution in [2.45, 2.75) is 26.7 Å². The van der Waals surface area contributed by atoms with Gasteiger partial charge in [-0.2, -0.15) is 0 Å². The Balaban J connectivity index is 2.02. The minimum Gasteiger partial charge on any atom is -0.384 e. The molecule has 1 atom stereocenters. The zero-order chi connectivity index (χ0) is 13.9. The Hall–Kier alpha value is -0.160. The van der Waals surface area contributed by atoms with Crippen molar-refractivity contribution in [1.82, 2.24) is 15.1 Å². The van der Waals surface area contributed by atoms with Gasteiger partial charge < -0.3 is 19.9 Å². The van der Waals surface area contributed by atoms with Crippen LogP contribution in [-0.2, 0) is 4.74 Å². The number of rotatable bonds is 10. The van der Waals surface area contributed by atoms with Crippen LogP contribution in [0.2, 0.25) is 0 Å². The van der Waals surface area contributed by atoms with E-state index in [0.29, 0.717) is 0 Å². The summed E-state index contributed by atoms with van der Waals surface area (Å²) in [6.07, 6.45) is 2.66. The van der Waals surface area contributed by atoms with E-state index in [1.54, 1.807) is 0 Å². The molecule has 0 aromatic heterocycles. The maximum Gasteiger partial charge on any atom is 0.0502 e. The largest absolute Gasteiger partial charge is 0.384 e. The van der Waals surface area contributed by atoms with Crippen LogP contribution >= 0.6 is 0 Å². The summed E-state index contributed by atoms with van der Waals surface area (Å²) >= 11 is 0. The Bertz CT molecular complexity index is 208. The van der Waals surface area contributed by atoms with Crippen LogP contribution in [0, 0.1) is 5.92 Å². The van der Waals surface area contributed by atoms with Crippen molar-refractivity contribution in [2.75, 3.05) is 66.1 Å². The smallest absolute Gasteiger partial charge is 0.0502 e. The van der Waals surface area contributed by atoms with Gasteiger partial charge in [0.2, 0.25) is 0 Å². The molecular weight excluding hydrogens is 238 g/mol. The van der Waals surface area contributed by atoms with Gasteiger partial charge in [0.05, 0.1) is 6.61 Å². The van der Waals surface area contributed by atoms with Crippen molar-refractivity contribution < 1.29 is 4.74 Å². The maximum absolute atomic E-state index is 5.28. The van der Waals surface area contributed by atoms with Crippen molar-refractivity contribution >= 4 is 0 Å². The Morgan fingerprint density at radius 1 is 1.26 bits per heavy atom. The number of nitrogens with zero attached hydrogens (tertiary/aromatic N) is 2. The molecule has 0 bridgehead atoms. The fraction of sp³-hybridized carbons (Fsp3) is 1.00. The number of methoxy groups -OCH3 is 1. The molecule has 4 nitrogen and oxygen atoms in total. The van der Waals surface area contributed by atoms with Crippen LogP contribution < -0.4 is 5.32 Å². The van der Waals surface area contributed by atoms with Crippen LogP contribution in [0.3, 0.4) is 0 Å². The predicted molar refractivity (Wildman–Crippen MR) is 81.7 cm³/mol. The lowest BCUT2D eigenvalue weighted by atomic mass is 9.99. The highest BCUT2D eigenvalue weighted by molar-refractivity contribution is 4.73. The van der Waals surface area contributed by atoms with Crippen molar-refractivity contribution in [3.8, 4) is 0 Å². The van der Waals surface area contributed by atoms with Gasteiger partial charge in [-0.25, -0.2) is 0 Å². The first-order valence-corrected chi connectivity index (χ1v) is 7.94. The quantitative estimate of drug-likeness (QED) is 0.606. The van der Waals surface area contributed by atoms with Crippen molar-refractivity contribution in [3.05, 3.63) is 0 Å². The molecule has 0 amide bonds. The molecular formula is C15H33N3O. The van der Waals surface area contributed by atoms with E-state index in [2.05, 4.69) is 29.0 Å². The molecule has 19 heavy (non-hydrogen) atoms. The molecule has 1 fully saturated rings. The molecule has 0 radical (unpaired) electrons. The average molecular weight is 271 g/mol. The van der Waals surface area contributed by atoms with Gasteiger partial charge in [0.1, 0.15) is 0 Å². The average Bonchev–Trinajstić information content (AvgIpc) is 2.44. The fourth-order valence-electron chi connectivity index (χ4n) is 2.87. The summed E-state index contributed by atoms with van der Waals surface area (Å²) in [6.45, 7) is 14.7. The molecule has 0 aromatic rings. The Kier molecular flexibility index (Phi) is 9.43. The summed E-state index contributed by atoms with van der Waals surface area (Å²) in [4.78, 5) is 5.04. The second kappa shape index (κ2) is 10.6. The number of hydrogen-bond donors (Lipinski definition) is 1. The van der Waals surface area contributed by atoms with E-state index in [4.69, 9.17) is 4.74 Å². The summed E-state index contributed by atoms with van der Waals surface area (Å²) in [7, 11) is 1.81. The summed E-state index contributed by atoms with van der Waals surface area (Å²) in [5.74, 6) is 0.745. The van der Waals surface area contributed by atoms with E-state index in [0.717, 1.165) is 38.7 Å². The minimum absolute atomic E-state index is 0.745. The van der Waals surface area contributed by atoms with E-state index < -0.39 is 0 Å². The highest BCUT2D eigenvalue weighted by Crippen LogP contribution is 2.15. The number of piperidine rings is 1. The first kappa shape index (κ1) is 16.9. The molecule has 0 saturated carbocycles. The van der Waals surface area contributed by atoms with E-state index in [9.17, 15) is 0 Å². The number of ether oxygens (including phenoxy) is 1. The molecule has 0 aromatic carbocycles. The van der Waals surface area contributed by atoms with Gasteiger partial charge >= 0.3 is 0 Å². The normalized spacial score (nSPS) is 21.2. The number of nitrogens with one attached hydrogen (secondary N) is 1. The molecule has 1 saturated heterocycles. The first-order valence-electron chi connectivity index (χ1n) is 7.94. The lowest BCUT2D eigenvalue weighted by molar-refractivity contribution is 0.0910. The van der Waals surface area contributed by atoms with E-state index >= 15 is 0 Å². The van der Waals surface area contributed by atoms with Crippen LogP contribution in [0.15, 0.2) is 0 Å². The van der Waals surface area contributed by atoms with Gasteiger partial charge in [-0.15, -0.1) is 0 Å². The van der Waals surface area contributed by atoms with Gasteiger partial charge in [-0.3, -0.25) is 0 Å². The van der Waals surface area contributed by atoms with E-state index in [-0.39, 0.29) is 0 Å². The topological polar surface area (TPSA) is 27.7 Å². The van der Waals surface area contributed by atoms with E-state index in [1.807, 2.05) is 7.11 Å². The van der Waals surface area contributed by atoms with Crippen LogP contribution in [0.25, 0.3) is 0 Å². The fourth-order valence-corrected chi connectivity index (χ4v) is 2.87. The highest BCUT2D eigenvalue weighted by Gasteiger charge is 2.18. The molecule has 1 heterocycles. The van der Waals surface area contributed by atoms with Crippen molar-refractivity contribution in [2.24, 2.45) is 5.92 Å². The molecule has 1 rings (SSSR count). The van der Waals surface area contributed by atoms with Gasteiger partial charge in [-0.05, 0) is 38.4 Å². The lowest BCUT2D eigenvalue weighted by Crippen LogP contribution is -2.41. The van der Waals surface area contributed by atoms with Crippen molar-refractivity contribution in [3.63, 3.8) is 0 Å². The zero-order valence-corrected chi connectivity index (χ0v) is 13.2. The molecule has 1 N–H and O–H groups in total. The molecule has 4 heteroatoms. The summed E-state index contributed by atoms with van der Waals surface area (Å²) in [5.41, 5.74) is 0. The first-order chi connectivity index (χ1) is 9.30. The van der Waals surface area contributed by atoms with Crippen LogP contribution in [0.5, 0.6) is 0 Å². The van der Waals surface area contributed by atoms with Crippen LogP contribution in [0.1, 0.15) is 26.7 Å². The monoisotopic (exact) mass is 271 g/mol. The second-order valence-corrected chi connectivity index (χ2v) is 5.54. The van der Waals surface area contributed by atoms with Crippen LogP contribution in [-0.4, -0.2) is 75.9 Å². The third-order valence-electron chi connectivity index (χ3n) is 4.11. The molecule has 1 unspecified atom stereocenters. The highest BCUT2D eigenvalue weighted by atomic mass is 16.5. The predicted octanol–water partition coefficient (Wildman–Crippen LogP) is 1.28. The maximum atomic E-state index is 5.28. The summed E-state index contributed by atoms with van der Waals surface area (Å²) in [6, 6.07) is 0. The Morgan fingerprint density at radius 2 is 2.05 bits per heavy atom. The molecule has 114 valence electrons. The lowest BCUT2D eigenvalue weighted by Gasteiger charge is -2.32. The van der Waals surface area contributed by atoms with Crippen LogP contribution in [0.4, 0.5) is 0 Å². The number of hydrogen-bond acceptors (Lipinski definition) is 4. The third kappa shape index (κ3) is 7.25. The van der Waals surface area contributed by atoms with Gasteiger partial charge in [0.25, 0.3) is 0 Å². The van der Waals surface area contributed by atoms with Crippen molar-refractivity contribution in [1.29, 1.82) is 0 Å². The van der Waals surface area contributed by atoms with Gasteiger partial charge in [-0.1, -0.05) is 13.8 Å². The number of likely N-dealkylation sites (N-methyl/N-ethyl adjacent to an activating group) is 1. The Morgan fingerprint density at radius 3 is 2.74 bits per heavy atom. The standard InChI is InChI=1S/C15H33N3O/c1-4-17(5-2)11-8-16-9-12-18-10-6-7-15(13-18)14-19-3/h15-16H,4-14H2,1-3H3. The Labute approximate surface area is 119 Å². The number of likely N-dealkylation sites (tertiary alicyclic amines) is 1. The molecule has 1 aliphatic rings. The third-order valence-corrected chi connectivity index (χ3v) is 4.11. The second-order valence-electron chi connectivity index (χ2n) is 5.54. The molecule has 1 aliphatic heterocycles. The molecule has 0 aliphatic carbocycles. The van der Waals surface area contributed by atoms with Gasteiger partial charge in [0, 0.05) is 39.8 Å². The molecule has 0 spiro atoms. The van der Waals surface area contributed by atoms with Gasteiger partial charge in [0.15, 0.2) is 0 Å². The zero-order valence-electron chi connectivity index (χ0n) is 13.2. The SMILES string of the molecule is CCN(CC)CCNCCN1CCCC(COC)C1. The summed E-state index contributed by atoms with van der Waals surface area (Å²) in [5, 5.41) is 3.56. The minimum atomic E-state index is 0.745.